The lowest BCUT2D eigenvalue weighted by Gasteiger charge is -1.77. The Morgan fingerprint density at radius 1 is 1.50 bits per heavy atom. The molecular weight excluding hydrogens is 98.1 g/mol. The number of hydrogen-bond donors (Lipinski definition) is 1. The van der Waals surface area contributed by atoms with Crippen LogP contribution in [-0.2, 0) is 0 Å². The van der Waals surface area contributed by atoms with Gasteiger partial charge in [0.2, 0.25) is 0 Å². The van der Waals surface area contributed by atoms with E-state index in [1.807, 2.05) is 0 Å². The zero-order chi connectivity index (χ0) is 6.24. The highest BCUT2D eigenvalue weighted by Gasteiger charge is 1.69. The van der Waals surface area contributed by atoms with E-state index in [0.717, 1.165) is 12.8 Å². The van der Waals surface area contributed by atoms with Gasteiger partial charge in [-0.3, -0.25) is 0 Å². The smallest absolute Gasteiger partial charge is 0.0217 e. The van der Waals surface area contributed by atoms with Crippen LogP contribution in [0.5, 0.6) is 0 Å². The molecule has 0 aromatic rings. The van der Waals surface area contributed by atoms with Crippen molar-refractivity contribution in [2.75, 3.05) is 7.05 Å². The van der Waals surface area contributed by atoms with Gasteiger partial charge in [0.05, 0.1) is 0 Å². The van der Waals surface area contributed by atoms with Crippen molar-refractivity contribution in [1.82, 2.24) is 5.32 Å². The third kappa shape index (κ3) is 4.92. The first-order valence-corrected chi connectivity index (χ1v) is 2.50. The van der Waals surface area contributed by atoms with Crippen LogP contribution >= 0.6 is 0 Å². The molecule has 0 bridgehead atoms. The summed E-state index contributed by atoms with van der Waals surface area (Å²) >= 11 is 0. The van der Waals surface area contributed by atoms with Gasteiger partial charge in [0.25, 0.3) is 0 Å². The van der Waals surface area contributed by atoms with E-state index in [1.165, 1.54) is 0 Å². The highest BCUT2D eigenvalue weighted by molar-refractivity contribution is 4.99. The third-order valence-corrected chi connectivity index (χ3v) is 0.608. The Morgan fingerprint density at radius 3 is 2.75 bits per heavy atom. The van der Waals surface area contributed by atoms with Gasteiger partial charge in [0.15, 0.2) is 0 Å². The molecule has 0 atom stereocenters. The summed E-state index contributed by atoms with van der Waals surface area (Å²) in [6, 6.07) is 2.69. The molecule has 0 rings (SSSR count). The van der Waals surface area contributed by atoms with Crippen LogP contribution in [0, 0.1) is 24.3 Å². The lowest BCUT2D eigenvalue weighted by Crippen LogP contribution is -1.91. The minimum Gasteiger partial charge on any atom is -0.349 e. The lowest BCUT2D eigenvalue weighted by molar-refractivity contribution is 1.10. The first kappa shape index (κ1) is 6.92. The van der Waals surface area contributed by atoms with Crippen LogP contribution in [0.2, 0.25) is 0 Å². The predicted octanol–water partition coefficient (Wildman–Crippen LogP) is 0.580. The summed E-state index contributed by atoms with van der Waals surface area (Å²) in [6.45, 7) is 0. The number of unbranched alkanes of at least 4 members (excludes halogenated alkanes) is 1. The minimum atomic E-state index is 0.745. The Kier molecular flexibility index (Phi) is 5.12. The summed E-state index contributed by atoms with van der Waals surface area (Å²) in [7, 11) is 1.78. The van der Waals surface area contributed by atoms with Crippen LogP contribution in [0.15, 0.2) is 0 Å². The quantitative estimate of drug-likeness (QED) is 0.293. The van der Waals surface area contributed by atoms with E-state index in [0.29, 0.717) is 0 Å². The summed E-state index contributed by atoms with van der Waals surface area (Å²) in [5.41, 5.74) is 0. The molecule has 0 amide bonds. The zero-order valence-electron chi connectivity index (χ0n) is 4.99. The number of rotatable bonds is 1. The van der Waals surface area contributed by atoms with Crippen LogP contribution in [-0.4, -0.2) is 7.05 Å². The van der Waals surface area contributed by atoms with Crippen molar-refractivity contribution in [3.05, 3.63) is 0 Å². The van der Waals surface area contributed by atoms with Crippen molar-refractivity contribution in [3.8, 4) is 24.3 Å². The SMILES string of the molecule is C#CCCC#CNC. The monoisotopic (exact) mass is 107 g/mol. The van der Waals surface area contributed by atoms with Gasteiger partial charge in [-0.15, -0.1) is 12.3 Å². The van der Waals surface area contributed by atoms with Crippen molar-refractivity contribution in [3.63, 3.8) is 0 Å². The maximum absolute atomic E-state index is 4.97. The van der Waals surface area contributed by atoms with E-state index in [4.69, 9.17) is 6.42 Å². The first-order valence-electron chi connectivity index (χ1n) is 2.50. The number of terminal acetylenes is 1. The highest BCUT2D eigenvalue weighted by atomic mass is 14.8. The first-order chi connectivity index (χ1) is 3.91. The van der Waals surface area contributed by atoms with Gasteiger partial charge in [0.1, 0.15) is 0 Å². The van der Waals surface area contributed by atoms with Crippen LogP contribution in [0.1, 0.15) is 12.8 Å². The minimum absolute atomic E-state index is 0.745. The molecule has 0 aromatic carbocycles. The third-order valence-electron chi connectivity index (χ3n) is 0.608. The Hall–Kier alpha value is -1.08. The molecule has 0 saturated heterocycles. The van der Waals surface area contributed by atoms with E-state index < -0.39 is 0 Å². The van der Waals surface area contributed by atoms with E-state index in [9.17, 15) is 0 Å². The standard InChI is InChI=1S/C7H9N/c1-3-4-5-6-7-8-2/h1,8H,4-5H2,2H3. The van der Waals surface area contributed by atoms with Gasteiger partial charge < -0.3 is 5.32 Å². The number of hydrogen-bond acceptors (Lipinski definition) is 1. The molecular formula is C7H9N. The molecule has 0 unspecified atom stereocenters. The van der Waals surface area contributed by atoms with Crippen LogP contribution in [0.25, 0.3) is 0 Å². The summed E-state index contributed by atoms with van der Waals surface area (Å²) in [6.07, 6.45) is 6.51. The Bertz CT molecular complexity index is 131. The van der Waals surface area contributed by atoms with Crippen LogP contribution in [0.3, 0.4) is 0 Å². The van der Waals surface area contributed by atoms with Gasteiger partial charge in [-0.05, 0) is 0 Å². The molecule has 0 aliphatic rings. The molecule has 1 N–H and O–H groups in total. The van der Waals surface area contributed by atoms with Crippen molar-refractivity contribution >= 4 is 0 Å². The summed E-state index contributed by atoms with van der Waals surface area (Å²) < 4.78 is 0. The molecule has 0 heterocycles. The average Bonchev–Trinajstić information content (AvgIpc) is 1.81. The van der Waals surface area contributed by atoms with Gasteiger partial charge in [-0.25, -0.2) is 0 Å². The fourth-order valence-electron chi connectivity index (χ4n) is 0.286. The van der Waals surface area contributed by atoms with Gasteiger partial charge in [-0.1, -0.05) is 5.92 Å². The maximum Gasteiger partial charge on any atom is 0.0217 e. The van der Waals surface area contributed by atoms with E-state index in [2.05, 4.69) is 23.2 Å². The van der Waals surface area contributed by atoms with Crippen LogP contribution in [0.4, 0.5) is 0 Å². The Balaban J connectivity index is 3.06. The molecule has 0 fully saturated rings. The van der Waals surface area contributed by atoms with Gasteiger partial charge in [0, 0.05) is 25.9 Å². The largest absolute Gasteiger partial charge is 0.349 e. The van der Waals surface area contributed by atoms with Crippen molar-refractivity contribution < 1.29 is 0 Å². The number of nitrogens with one attached hydrogen (secondary N) is 1. The van der Waals surface area contributed by atoms with E-state index in [1.54, 1.807) is 7.05 Å². The van der Waals surface area contributed by atoms with Crippen molar-refractivity contribution in [2.45, 2.75) is 12.8 Å². The van der Waals surface area contributed by atoms with Crippen molar-refractivity contribution in [1.29, 1.82) is 0 Å². The van der Waals surface area contributed by atoms with E-state index >= 15 is 0 Å². The summed E-state index contributed by atoms with van der Waals surface area (Å²) in [5.74, 6) is 5.33. The second-order valence-electron chi connectivity index (χ2n) is 1.26. The molecule has 0 aliphatic carbocycles. The molecule has 0 aromatic heterocycles. The molecule has 0 aliphatic heterocycles. The topological polar surface area (TPSA) is 12.0 Å². The Morgan fingerprint density at radius 2 is 2.25 bits per heavy atom. The molecule has 1 nitrogen and oxygen atoms in total. The van der Waals surface area contributed by atoms with Gasteiger partial charge in [-0.2, -0.15) is 0 Å². The highest BCUT2D eigenvalue weighted by Crippen LogP contribution is 1.79. The molecule has 0 saturated carbocycles. The molecule has 0 spiro atoms. The molecule has 0 radical (unpaired) electrons. The molecule has 1 heteroatoms. The van der Waals surface area contributed by atoms with Crippen LogP contribution < -0.4 is 5.32 Å². The van der Waals surface area contributed by atoms with Gasteiger partial charge >= 0.3 is 0 Å². The summed E-state index contributed by atoms with van der Waals surface area (Å²) in [4.78, 5) is 0. The second kappa shape index (κ2) is 5.92. The molecule has 42 valence electrons. The van der Waals surface area contributed by atoms with Crippen molar-refractivity contribution in [2.24, 2.45) is 0 Å². The fourth-order valence-corrected chi connectivity index (χ4v) is 0.286. The average molecular weight is 107 g/mol. The lowest BCUT2D eigenvalue weighted by atomic mass is 10.3. The summed E-state index contributed by atoms with van der Waals surface area (Å²) in [5, 5.41) is 2.70. The Labute approximate surface area is 50.5 Å². The zero-order valence-corrected chi connectivity index (χ0v) is 4.99. The maximum atomic E-state index is 4.97. The normalized spacial score (nSPS) is 6.00. The second-order valence-corrected chi connectivity index (χ2v) is 1.26. The predicted molar refractivity (Wildman–Crippen MR) is 34.9 cm³/mol. The van der Waals surface area contributed by atoms with E-state index in [-0.39, 0.29) is 0 Å². The fraction of sp³-hybridized carbons (Fsp3) is 0.429. The molecule has 8 heavy (non-hydrogen) atoms.